The summed E-state index contributed by atoms with van der Waals surface area (Å²) in [4.78, 5) is 0. The quantitative estimate of drug-likeness (QED) is 0.836. The van der Waals surface area contributed by atoms with Crippen molar-refractivity contribution in [1.29, 1.82) is 5.26 Å². The van der Waals surface area contributed by atoms with Crippen molar-refractivity contribution in [1.82, 2.24) is 0 Å². The molecule has 0 fully saturated rings. The second kappa shape index (κ2) is 6.60. The van der Waals surface area contributed by atoms with Crippen LogP contribution in [0.15, 0.2) is 53.0 Å². The maximum Gasteiger partial charge on any atom is 0.0647 e. The lowest BCUT2D eigenvalue weighted by Crippen LogP contribution is -2.10. The van der Waals surface area contributed by atoms with E-state index in [9.17, 15) is 0 Å². The van der Waals surface area contributed by atoms with Crippen molar-refractivity contribution in [3.63, 3.8) is 0 Å². The first kappa shape index (κ1) is 13.9. The highest BCUT2D eigenvalue weighted by molar-refractivity contribution is 9.10. The number of nitriles is 1. The Balaban J connectivity index is 2.24. The summed E-state index contributed by atoms with van der Waals surface area (Å²) in [6, 6.07) is 17.7. The van der Waals surface area contributed by atoms with Gasteiger partial charge in [0.2, 0.25) is 0 Å². The topological polar surface area (TPSA) is 35.8 Å². The van der Waals surface area contributed by atoms with Gasteiger partial charge in [-0.25, -0.2) is 0 Å². The van der Waals surface area contributed by atoms with E-state index >= 15 is 0 Å². The fraction of sp³-hybridized carbons (Fsp3) is 0.133. The Labute approximate surface area is 126 Å². The normalized spacial score (nSPS) is 11.6. The zero-order valence-corrected chi connectivity index (χ0v) is 12.4. The fourth-order valence-corrected chi connectivity index (χ4v) is 2.62. The number of anilines is 1. The minimum absolute atomic E-state index is 0.0383. The van der Waals surface area contributed by atoms with Crippen LogP contribution >= 0.6 is 27.5 Å². The summed E-state index contributed by atoms with van der Waals surface area (Å²) < 4.78 is 0.888. The molecule has 2 aromatic rings. The largest absolute Gasteiger partial charge is 0.376 e. The maximum absolute atomic E-state index is 8.97. The smallest absolute Gasteiger partial charge is 0.0647 e. The van der Waals surface area contributed by atoms with Gasteiger partial charge in [-0.15, -0.1) is 0 Å². The molecule has 0 saturated heterocycles. The first-order valence-corrected chi connectivity index (χ1v) is 7.01. The van der Waals surface area contributed by atoms with Crippen LogP contribution < -0.4 is 5.32 Å². The van der Waals surface area contributed by atoms with Gasteiger partial charge in [0.15, 0.2) is 0 Å². The Kier molecular flexibility index (Phi) is 4.84. The first-order valence-electron chi connectivity index (χ1n) is 5.84. The van der Waals surface area contributed by atoms with Gasteiger partial charge in [0.05, 0.1) is 18.5 Å². The fourth-order valence-electron chi connectivity index (χ4n) is 1.82. The van der Waals surface area contributed by atoms with Gasteiger partial charge in [-0.2, -0.15) is 5.26 Å². The van der Waals surface area contributed by atoms with Crippen molar-refractivity contribution < 1.29 is 0 Å². The molecule has 2 rings (SSSR count). The van der Waals surface area contributed by atoms with Crippen molar-refractivity contribution in [2.45, 2.75) is 12.5 Å². The monoisotopic (exact) mass is 334 g/mol. The molecule has 1 N–H and O–H groups in total. The van der Waals surface area contributed by atoms with Crippen molar-refractivity contribution in [3.05, 3.63) is 63.6 Å². The Morgan fingerprint density at radius 3 is 2.58 bits per heavy atom. The van der Waals surface area contributed by atoms with Crippen LogP contribution in [0.5, 0.6) is 0 Å². The lowest BCUT2D eigenvalue weighted by molar-refractivity contribution is 0.805. The number of hydrogen-bond acceptors (Lipinski definition) is 2. The van der Waals surface area contributed by atoms with Gasteiger partial charge < -0.3 is 5.32 Å². The van der Waals surface area contributed by atoms with Crippen LogP contribution in [-0.2, 0) is 0 Å². The molecule has 1 atom stereocenters. The van der Waals surface area contributed by atoms with Crippen molar-refractivity contribution in [2.24, 2.45) is 0 Å². The van der Waals surface area contributed by atoms with E-state index in [-0.39, 0.29) is 6.04 Å². The van der Waals surface area contributed by atoms with Gasteiger partial charge in [0, 0.05) is 15.2 Å². The molecular formula is C15H12BrClN2. The lowest BCUT2D eigenvalue weighted by atomic mass is 10.0. The van der Waals surface area contributed by atoms with E-state index < -0.39 is 0 Å². The number of hydrogen-bond donors (Lipinski definition) is 1. The van der Waals surface area contributed by atoms with Gasteiger partial charge in [-0.3, -0.25) is 0 Å². The minimum atomic E-state index is -0.0383. The summed E-state index contributed by atoms with van der Waals surface area (Å²) in [5.41, 5.74) is 2.01. The molecule has 0 aliphatic heterocycles. The summed E-state index contributed by atoms with van der Waals surface area (Å²) >= 11 is 9.39. The molecule has 0 aliphatic rings. The maximum atomic E-state index is 8.97. The molecule has 0 bridgehead atoms. The second-order valence-corrected chi connectivity index (χ2v) is 5.38. The minimum Gasteiger partial charge on any atom is -0.376 e. The van der Waals surface area contributed by atoms with E-state index in [0.29, 0.717) is 11.4 Å². The van der Waals surface area contributed by atoms with E-state index in [2.05, 4.69) is 27.3 Å². The Bertz CT molecular complexity index is 593. The van der Waals surface area contributed by atoms with Crippen molar-refractivity contribution >= 4 is 33.2 Å². The van der Waals surface area contributed by atoms with E-state index in [0.717, 1.165) is 15.7 Å². The SMILES string of the molecule is N#CCC(Nc1ccc(Cl)cc1Br)c1ccccc1. The third kappa shape index (κ3) is 3.73. The van der Waals surface area contributed by atoms with E-state index in [4.69, 9.17) is 16.9 Å². The van der Waals surface area contributed by atoms with Gasteiger partial charge in [-0.05, 0) is 39.7 Å². The Morgan fingerprint density at radius 1 is 1.21 bits per heavy atom. The number of benzene rings is 2. The van der Waals surface area contributed by atoms with Gasteiger partial charge >= 0.3 is 0 Å². The van der Waals surface area contributed by atoms with Crippen molar-refractivity contribution in [2.75, 3.05) is 5.32 Å². The first-order chi connectivity index (χ1) is 9.20. The van der Waals surface area contributed by atoms with Gasteiger partial charge in [0.1, 0.15) is 0 Å². The molecule has 0 aliphatic carbocycles. The number of nitrogens with one attached hydrogen (secondary N) is 1. The molecule has 96 valence electrons. The van der Waals surface area contributed by atoms with Gasteiger partial charge in [-0.1, -0.05) is 41.9 Å². The molecule has 4 heteroatoms. The molecule has 19 heavy (non-hydrogen) atoms. The van der Waals surface area contributed by atoms with Crippen LogP contribution in [0.1, 0.15) is 18.0 Å². The molecule has 2 nitrogen and oxygen atoms in total. The van der Waals surface area contributed by atoms with Crippen LogP contribution in [0.4, 0.5) is 5.69 Å². The highest BCUT2D eigenvalue weighted by Crippen LogP contribution is 2.30. The number of nitrogens with zero attached hydrogens (tertiary/aromatic N) is 1. The standard InChI is InChI=1S/C15H12BrClN2/c16-13-10-12(17)6-7-15(13)19-14(8-9-18)11-4-2-1-3-5-11/h1-7,10,14,19H,8H2. The summed E-state index contributed by atoms with van der Waals surface area (Å²) in [6.07, 6.45) is 0.402. The zero-order chi connectivity index (χ0) is 13.7. The average molecular weight is 336 g/mol. The van der Waals surface area contributed by atoms with Crippen LogP contribution in [0.25, 0.3) is 0 Å². The molecule has 0 saturated carbocycles. The molecule has 1 unspecified atom stereocenters. The van der Waals surface area contributed by atoms with E-state index in [1.165, 1.54) is 0 Å². The molecule has 0 amide bonds. The highest BCUT2D eigenvalue weighted by Gasteiger charge is 2.12. The molecular weight excluding hydrogens is 324 g/mol. The number of halogens is 2. The van der Waals surface area contributed by atoms with Crippen molar-refractivity contribution in [3.8, 4) is 6.07 Å². The Hall–Kier alpha value is -1.50. The summed E-state index contributed by atoms with van der Waals surface area (Å²) in [5, 5.41) is 13.0. The third-order valence-electron chi connectivity index (χ3n) is 2.76. The van der Waals surface area contributed by atoms with E-state index in [1.54, 1.807) is 0 Å². The molecule has 2 aromatic carbocycles. The van der Waals surface area contributed by atoms with Crippen LogP contribution in [0, 0.1) is 11.3 Å². The summed E-state index contributed by atoms with van der Waals surface area (Å²) in [7, 11) is 0. The predicted molar refractivity (Wildman–Crippen MR) is 82.2 cm³/mol. The molecule has 0 heterocycles. The molecule has 0 aromatic heterocycles. The van der Waals surface area contributed by atoms with E-state index in [1.807, 2.05) is 48.5 Å². The van der Waals surface area contributed by atoms with Gasteiger partial charge in [0.25, 0.3) is 0 Å². The Morgan fingerprint density at radius 2 is 1.95 bits per heavy atom. The lowest BCUT2D eigenvalue weighted by Gasteiger charge is -2.18. The average Bonchev–Trinajstić information content (AvgIpc) is 2.42. The summed E-state index contributed by atoms with van der Waals surface area (Å²) in [5.74, 6) is 0. The zero-order valence-electron chi connectivity index (χ0n) is 10.1. The second-order valence-electron chi connectivity index (χ2n) is 4.09. The predicted octanol–water partition coefficient (Wildman–Crippen LogP) is 5.17. The van der Waals surface area contributed by atoms with Crippen LogP contribution in [0.3, 0.4) is 0 Å². The third-order valence-corrected chi connectivity index (χ3v) is 3.65. The highest BCUT2D eigenvalue weighted by atomic mass is 79.9. The number of rotatable bonds is 4. The van der Waals surface area contributed by atoms with Crippen LogP contribution in [-0.4, -0.2) is 0 Å². The summed E-state index contributed by atoms with van der Waals surface area (Å²) in [6.45, 7) is 0. The van der Waals surface area contributed by atoms with Crippen LogP contribution in [0.2, 0.25) is 5.02 Å². The molecule has 0 radical (unpaired) electrons. The molecule has 0 spiro atoms.